The van der Waals surface area contributed by atoms with Crippen LogP contribution in [-0.4, -0.2) is 33.2 Å². The van der Waals surface area contributed by atoms with Gasteiger partial charge in [0.05, 0.1) is 16.7 Å². The first-order valence-corrected chi connectivity index (χ1v) is 7.90. The highest BCUT2D eigenvalue weighted by atomic mass is 32.2. The Morgan fingerprint density at radius 3 is 2.74 bits per heavy atom. The summed E-state index contributed by atoms with van der Waals surface area (Å²) in [5, 5.41) is 5.76. The van der Waals surface area contributed by atoms with Gasteiger partial charge in [-0.1, -0.05) is 18.2 Å². The molecule has 0 aliphatic carbocycles. The van der Waals surface area contributed by atoms with Crippen LogP contribution >= 0.6 is 0 Å². The molecule has 0 radical (unpaired) electrons. The normalized spacial score (nSPS) is 22.3. The summed E-state index contributed by atoms with van der Waals surface area (Å²) in [6.45, 7) is 1.77. The number of rotatable bonds is 3. The van der Waals surface area contributed by atoms with Crippen molar-refractivity contribution in [3.63, 3.8) is 0 Å². The molecule has 0 aromatic heterocycles. The van der Waals surface area contributed by atoms with Crippen LogP contribution in [-0.2, 0) is 14.6 Å². The van der Waals surface area contributed by atoms with E-state index in [0.717, 1.165) is 5.56 Å². The average molecular weight is 282 g/mol. The molecule has 2 unspecified atom stereocenters. The van der Waals surface area contributed by atoms with Gasteiger partial charge in [0.1, 0.15) is 0 Å². The van der Waals surface area contributed by atoms with Gasteiger partial charge < -0.3 is 5.32 Å². The van der Waals surface area contributed by atoms with Crippen molar-refractivity contribution in [1.82, 2.24) is 10.6 Å². The van der Waals surface area contributed by atoms with Gasteiger partial charge in [0.2, 0.25) is 5.91 Å². The summed E-state index contributed by atoms with van der Waals surface area (Å²) < 4.78 is 24.0. The number of hydrogen-bond donors (Lipinski definition) is 2. The maximum absolute atomic E-state index is 12.0. The highest BCUT2D eigenvalue weighted by molar-refractivity contribution is 7.91. The Morgan fingerprint density at radius 2 is 2.05 bits per heavy atom. The maximum atomic E-state index is 12.0. The highest BCUT2D eigenvalue weighted by Crippen LogP contribution is 2.32. The fraction of sp³-hybridized carbons (Fsp3) is 0.462. The van der Waals surface area contributed by atoms with E-state index in [1.165, 1.54) is 0 Å². The molecule has 0 saturated carbocycles. The molecular formula is C13H18N2O3S. The molecular weight excluding hydrogens is 264 g/mol. The van der Waals surface area contributed by atoms with Gasteiger partial charge in [0.25, 0.3) is 0 Å². The van der Waals surface area contributed by atoms with Gasteiger partial charge in [-0.2, -0.15) is 0 Å². The Hall–Kier alpha value is -1.40. The number of carbonyl (C=O) groups is 1. The summed E-state index contributed by atoms with van der Waals surface area (Å²) in [7, 11) is -1.59. The van der Waals surface area contributed by atoms with E-state index in [4.69, 9.17) is 0 Å². The molecule has 0 fully saturated rings. The molecule has 0 saturated heterocycles. The van der Waals surface area contributed by atoms with Gasteiger partial charge in [0, 0.05) is 13.1 Å². The molecule has 0 bridgehead atoms. The molecule has 1 aromatic carbocycles. The molecule has 1 amide bonds. The summed E-state index contributed by atoms with van der Waals surface area (Å²) in [5.41, 5.74) is 0.754. The van der Waals surface area contributed by atoms with E-state index in [0.29, 0.717) is 11.3 Å². The van der Waals surface area contributed by atoms with E-state index in [2.05, 4.69) is 10.6 Å². The number of likely N-dealkylation sites (N-methyl/N-ethyl adjacent to an activating group) is 1. The van der Waals surface area contributed by atoms with E-state index in [9.17, 15) is 13.2 Å². The number of benzene rings is 1. The molecule has 1 heterocycles. The van der Waals surface area contributed by atoms with Crippen LogP contribution in [0.1, 0.15) is 24.9 Å². The highest BCUT2D eigenvalue weighted by Gasteiger charge is 2.31. The number of fused-ring (bicyclic) bond motifs is 1. The minimum Gasteiger partial charge on any atom is -0.358 e. The van der Waals surface area contributed by atoms with Crippen molar-refractivity contribution in [3.05, 3.63) is 29.8 Å². The third kappa shape index (κ3) is 2.79. The summed E-state index contributed by atoms with van der Waals surface area (Å²) in [5.74, 6) is 0.00760. The van der Waals surface area contributed by atoms with Crippen molar-refractivity contribution in [2.75, 3.05) is 12.8 Å². The molecule has 1 aromatic rings. The molecule has 19 heavy (non-hydrogen) atoms. The van der Waals surface area contributed by atoms with E-state index >= 15 is 0 Å². The average Bonchev–Trinajstić information content (AvgIpc) is 2.41. The molecule has 104 valence electrons. The Labute approximate surface area is 113 Å². The molecule has 1 aliphatic rings. The summed E-state index contributed by atoms with van der Waals surface area (Å²) in [6.07, 6.45) is 0.487. The Balaban J connectivity index is 2.28. The van der Waals surface area contributed by atoms with Gasteiger partial charge in [-0.05, 0) is 25.0 Å². The van der Waals surface area contributed by atoms with Crippen LogP contribution in [0.2, 0.25) is 0 Å². The molecule has 0 spiro atoms. The van der Waals surface area contributed by atoms with E-state index < -0.39 is 9.84 Å². The first-order valence-electron chi connectivity index (χ1n) is 6.25. The summed E-state index contributed by atoms with van der Waals surface area (Å²) >= 11 is 0. The number of amides is 1. The smallest absolute Gasteiger partial charge is 0.236 e. The first-order chi connectivity index (χ1) is 8.95. The zero-order chi connectivity index (χ0) is 14.0. The lowest BCUT2D eigenvalue weighted by atomic mass is 10.0. The zero-order valence-electron chi connectivity index (χ0n) is 11.0. The third-order valence-corrected chi connectivity index (χ3v) is 5.21. The predicted molar refractivity (Wildman–Crippen MR) is 72.5 cm³/mol. The van der Waals surface area contributed by atoms with Gasteiger partial charge >= 0.3 is 0 Å². The molecule has 2 N–H and O–H groups in total. The second kappa shape index (κ2) is 5.30. The van der Waals surface area contributed by atoms with Crippen LogP contribution < -0.4 is 10.6 Å². The number of hydrogen-bond acceptors (Lipinski definition) is 4. The molecule has 1 aliphatic heterocycles. The van der Waals surface area contributed by atoms with E-state index in [1.807, 2.05) is 6.07 Å². The van der Waals surface area contributed by atoms with Crippen molar-refractivity contribution in [1.29, 1.82) is 0 Å². The topological polar surface area (TPSA) is 75.3 Å². The van der Waals surface area contributed by atoms with Crippen molar-refractivity contribution < 1.29 is 13.2 Å². The number of nitrogens with one attached hydrogen (secondary N) is 2. The van der Waals surface area contributed by atoms with Crippen molar-refractivity contribution in [2.45, 2.75) is 30.3 Å². The SMILES string of the molecule is CNC(=O)C(C)NC1CCS(=O)(=O)c2ccccc21. The standard InChI is InChI=1S/C13H18N2O3S/c1-9(13(16)14-2)15-11-7-8-19(17,18)12-6-4-3-5-10(11)12/h3-6,9,11,15H,7-8H2,1-2H3,(H,14,16). The number of sulfone groups is 1. The summed E-state index contributed by atoms with van der Waals surface area (Å²) in [4.78, 5) is 11.9. The Morgan fingerprint density at radius 1 is 1.37 bits per heavy atom. The molecule has 2 rings (SSSR count). The van der Waals surface area contributed by atoms with Crippen molar-refractivity contribution in [2.24, 2.45) is 0 Å². The van der Waals surface area contributed by atoms with E-state index in [-0.39, 0.29) is 23.7 Å². The second-order valence-electron chi connectivity index (χ2n) is 4.70. The third-order valence-electron chi connectivity index (χ3n) is 3.40. The Bertz CT molecular complexity index is 583. The minimum atomic E-state index is -3.18. The van der Waals surface area contributed by atoms with Gasteiger partial charge in [-0.15, -0.1) is 0 Å². The van der Waals surface area contributed by atoms with E-state index in [1.54, 1.807) is 32.2 Å². The van der Waals surface area contributed by atoms with Crippen LogP contribution in [0.15, 0.2) is 29.2 Å². The fourth-order valence-corrected chi connectivity index (χ4v) is 3.98. The molecule has 6 heteroatoms. The monoisotopic (exact) mass is 282 g/mol. The lowest BCUT2D eigenvalue weighted by Gasteiger charge is -2.28. The lowest BCUT2D eigenvalue weighted by Crippen LogP contribution is -2.43. The minimum absolute atomic E-state index is 0.105. The second-order valence-corrected chi connectivity index (χ2v) is 6.78. The zero-order valence-corrected chi connectivity index (χ0v) is 11.8. The molecule has 5 nitrogen and oxygen atoms in total. The van der Waals surface area contributed by atoms with Crippen LogP contribution in [0.3, 0.4) is 0 Å². The van der Waals surface area contributed by atoms with Crippen LogP contribution in [0.4, 0.5) is 0 Å². The molecule has 2 atom stereocenters. The quantitative estimate of drug-likeness (QED) is 0.852. The van der Waals surface area contributed by atoms with Gasteiger partial charge in [-0.25, -0.2) is 8.42 Å². The van der Waals surface area contributed by atoms with Gasteiger partial charge in [0.15, 0.2) is 9.84 Å². The summed E-state index contributed by atoms with van der Waals surface area (Å²) in [6, 6.07) is 6.51. The van der Waals surface area contributed by atoms with Gasteiger partial charge in [-0.3, -0.25) is 10.1 Å². The predicted octanol–water partition coefficient (Wildman–Crippen LogP) is 0.629. The van der Waals surface area contributed by atoms with Crippen LogP contribution in [0.5, 0.6) is 0 Å². The largest absolute Gasteiger partial charge is 0.358 e. The van der Waals surface area contributed by atoms with Crippen LogP contribution in [0, 0.1) is 0 Å². The lowest BCUT2D eigenvalue weighted by molar-refractivity contribution is -0.122. The maximum Gasteiger partial charge on any atom is 0.236 e. The first kappa shape index (κ1) is 14.0. The fourth-order valence-electron chi connectivity index (χ4n) is 2.36. The number of carbonyl (C=O) groups excluding carboxylic acids is 1. The van der Waals surface area contributed by atoms with Crippen LogP contribution in [0.25, 0.3) is 0 Å². The Kier molecular flexibility index (Phi) is 3.91. The van der Waals surface area contributed by atoms with Crippen molar-refractivity contribution >= 4 is 15.7 Å². The van der Waals surface area contributed by atoms with Crippen molar-refractivity contribution in [3.8, 4) is 0 Å².